The lowest BCUT2D eigenvalue weighted by Crippen LogP contribution is -2.53. The third-order valence-electron chi connectivity index (χ3n) is 3.63. The van der Waals surface area contributed by atoms with Gasteiger partial charge in [-0.1, -0.05) is 0 Å². The van der Waals surface area contributed by atoms with Gasteiger partial charge in [-0.2, -0.15) is 23.5 Å². The lowest BCUT2D eigenvalue weighted by atomic mass is 10.1. The summed E-state index contributed by atoms with van der Waals surface area (Å²) in [4.78, 5) is 2.16. The second kappa shape index (κ2) is 9.54. The normalized spacial score (nSPS) is 29.6. The number of hydrogen-bond acceptors (Lipinski definition) is 6. The van der Waals surface area contributed by atoms with Gasteiger partial charge in [-0.3, -0.25) is 0 Å². The maximum absolute atomic E-state index is 6.04. The minimum absolute atomic E-state index is 0.210. The number of rotatable bonds is 6. The van der Waals surface area contributed by atoms with Crippen molar-refractivity contribution >= 4 is 23.5 Å². The second-order valence-corrected chi connectivity index (χ2v) is 8.00. The van der Waals surface area contributed by atoms with Crippen molar-refractivity contribution in [2.75, 3.05) is 63.5 Å². The first-order chi connectivity index (χ1) is 9.75. The summed E-state index contributed by atoms with van der Waals surface area (Å²) in [6.45, 7) is 3.35. The van der Waals surface area contributed by atoms with Gasteiger partial charge in [-0.25, -0.2) is 0 Å². The Kier molecular flexibility index (Phi) is 8.06. The first-order valence-electron chi connectivity index (χ1n) is 7.51. The number of ether oxygens (including phenoxy) is 2. The predicted octanol–water partition coefficient (Wildman–Crippen LogP) is 1.16. The van der Waals surface area contributed by atoms with Gasteiger partial charge in [-0.15, -0.1) is 0 Å². The fourth-order valence-corrected chi connectivity index (χ4v) is 4.89. The van der Waals surface area contributed by atoms with E-state index in [1.165, 1.54) is 23.0 Å². The van der Waals surface area contributed by atoms with Crippen LogP contribution in [0, 0.1) is 0 Å². The van der Waals surface area contributed by atoms with Crippen LogP contribution >= 0.6 is 23.5 Å². The average molecular weight is 321 g/mol. The van der Waals surface area contributed by atoms with Gasteiger partial charge in [0, 0.05) is 48.2 Å². The van der Waals surface area contributed by atoms with Crippen LogP contribution in [-0.4, -0.2) is 86.6 Å². The van der Waals surface area contributed by atoms with Gasteiger partial charge in [0.1, 0.15) is 0 Å². The highest BCUT2D eigenvalue weighted by Crippen LogP contribution is 2.19. The molecular weight excluding hydrogens is 292 g/mol. The highest BCUT2D eigenvalue weighted by molar-refractivity contribution is 8.03. The van der Waals surface area contributed by atoms with E-state index >= 15 is 0 Å². The summed E-state index contributed by atoms with van der Waals surface area (Å²) in [5.74, 6) is 5.04. The first kappa shape index (κ1) is 16.9. The van der Waals surface area contributed by atoms with Crippen molar-refractivity contribution in [1.82, 2.24) is 10.2 Å². The van der Waals surface area contributed by atoms with E-state index < -0.39 is 0 Å². The molecular formula is C14H28N2O2S2. The summed E-state index contributed by atoms with van der Waals surface area (Å²) in [5.41, 5.74) is 0. The SMILES string of the molecule is CN(C)CCO[C@@H]1COCC[C@H]1NC1CSCCSC1. The molecule has 2 fully saturated rings. The van der Waals surface area contributed by atoms with Crippen molar-refractivity contribution in [3.63, 3.8) is 0 Å². The lowest BCUT2D eigenvalue weighted by Gasteiger charge is -2.35. The Morgan fingerprint density at radius 1 is 1.25 bits per heavy atom. The highest BCUT2D eigenvalue weighted by atomic mass is 32.2. The maximum atomic E-state index is 6.04. The highest BCUT2D eigenvalue weighted by Gasteiger charge is 2.28. The van der Waals surface area contributed by atoms with Crippen LogP contribution in [0.25, 0.3) is 0 Å². The minimum Gasteiger partial charge on any atom is -0.379 e. The summed E-state index contributed by atoms with van der Waals surface area (Å²) in [5, 5.41) is 3.83. The van der Waals surface area contributed by atoms with Crippen molar-refractivity contribution < 1.29 is 9.47 Å². The smallest absolute Gasteiger partial charge is 0.0962 e. The Labute approximate surface area is 131 Å². The van der Waals surface area contributed by atoms with E-state index in [2.05, 4.69) is 47.8 Å². The fourth-order valence-electron chi connectivity index (χ4n) is 2.47. The van der Waals surface area contributed by atoms with Gasteiger partial charge in [0.2, 0.25) is 0 Å². The molecule has 0 aromatic carbocycles. The van der Waals surface area contributed by atoms with E-state index in [1.807, 2.05) is 0 Å². The quantitative estimate of drug-likeness (QED) is 0.791. The Bertz CT molecular complexity index is 262. The molecule has 118 valence electrons. The van der Waals surface area contributed by atoms with E-state index in [0.29, 0.717) is 12.1 Å². The monoisotopic (exact) mass is 320 g/mol. The molecule has 1 N–H and O–H groups in total. The van der Waals surface area contributed by atoms with Crippen LogP contribution in [0.2, 0.25) is 0 Å². The van der Waals surface area contributed by atoms with Crippen molar-refractivity contribution in [1.29, 1.82) is 0 Å². The number of nitrogens with one attached hydrogen (secondary N) is 1. The Balaban J connectivity index is 1.76. The van der Waals surface area contributed by atoms with E-state index in [4.69, 9.17) is 9.47 Å². The van der Waals surface area contributed by atoms with Gasteiger partial charge >= 0.3 is 0 Å². The largest absolute Gasteiger partial charge is 0.379 e. The minimum atomic E-state index is 0.210. The van der Waals surface area contributed by atoms with Crippen LogP contribution in [0.1, 0.15) is 6.42 Å². The molecule has 0 bridgehead atoms. The molecule has 0 aliphatic carbocycles. The molecule has 4 nitrogen and oxygen atoms in total. The lowest BCUT2D eigenvalue weighted by molar-refractivity contribution is -0.0721. The summed E-state index contributed by atoms with van der Waals surface area (Å²) in [6.07, 6.45) is 1.28. The molecule has 2 rings (SSSR count). The van der Waals surface area contributed by atoms with Gasteiger partial charge in [-0.05, 0) is 20.5 Å². The molecule has 2 aliphatic heterocycles. The van der Waals surface area contributed by atoms with E-state index in [9.17, 15) is 0 Å². The van der Waals surface area contributed by atoms with E-state index in [1.54, 1.807) is 0 Å². The molecule has 0 unspecified atom stereocenters. The van der Waals surface area contributed by atoms with Crippen LogP contribution in [0.3, 0.4) is 0 Å². The van der Waals surface area contributed by atoms with E-state index in [-0.39, 0.29) is 6.10 Å². The number of thioether (sulfide) groups is 2. The predicted molar refractivity (Wildman–Crippen MR) is 89.1 cm³/mol. The molecule has 0 saturated carbocycles. The molecule has 0 amide bonds. The van der Waals surface area contributed by atoms with Crippen molar-refractivity contribution in [3.8, 4) is 0 Å². The maximum Gasteiger partial charge on any atom is 0.0962 e. The zero-order valence-corrected chi connectivity index (χ0v) is 14.3. The summed E-state index contributed by atoms with van der Waals surface area (Å²) in [7, 11) is 4.16. The van der Waals surface area contributed by atoms with Crippen LogP contribution in [0.15, 0.2) is 0 Å². The van der Waals surface area contributed by atoms with Gasteiger partial charge in [0.15, 0.2) is 0 Å². The van der Waals surface area contributed by atoms with Gasteiger partial charge in [0.05, 0.1) is 19.3 Å². The Hall–Kier alpha value is 0.540. The summed E-state index contributed by atoms with van der Waals surface area (Å²) < 4.78 is 11.6. The third-order valence-corrected chi connectivity index (χ3v) is 6.15. The molecule has 0 aromatic heterocycles. The summed E-state index contributed by atoms with van der Waals surface area (Å²) in [6, 6.07) is 1.07. The Morgan fingerprint density at radius 2 is 2.00 bits per heavy atom. The third kappa shape index (κ3) is 6.12. The molecule has 20 heavy (non-hydrogen) atoms. The van der Waals surface area contributed by atoms with Gasteiger partial charge in [0.25, 0.3) is 0 Å². The first-order valence-corrected chi connectivity index (χ1v) is 9.82. The fraction of sp³-hybridized carbons (Fsp3) is 1.00. The number of nitrogens with zero attached hydrogens (tertiary/aromatic N) is 1. The molecule has 0 aromatic rings. The van der Waals surface area contributed by atoms with Gasteiger partial charge < -0.3 is 19.7 Å². The van der Waals surface area contributed by atoms with Crippen LogP contribution in [-0.2, 0) is 9.47 Å². The van der Waals surface area contributed by atoms with Crippen LogP contribution in [0.4, 0.5) is 0 Å². The van der Waals surface area contributed by atoms with Crippen molar-refractivity contribution in [3.05, 3.63) is 0 Å². The van der Waals surface area contributed by atoms with Crippen molar-refractivity contribution in [2.45, 2.75) is 24.6 Å². The summed E-state index contributed by atoms with van der Waals surface area (Å²) >= 11 is 4.15. The number of hydrogen-bond donors (Lipinski definition) is 1. The van der Waals surface area contributed by atoms with Crippen LogP contribution < -0.4 is 5.32 Å². The molecule has 2 heterocycles. The molecule has 2 atom stereocenters. The van der Waals surface area contributed by atoms with Crippen LogP contribution in [0.5, 0.6) is 0 Å². The zero-order chi connectivity index (χ0) is 14.2. The Morgan fingerprint density at radius 3 is 2.70 bits per heavy atom. The molecule has 6 heteroatoms. The van der Waals surface area contributed by atoms with Crippen molar-refractivity contribution in [2.24, 2.45) is 0 Å². The standard InChI is InChI=1S/C14H28N2O2S2/c1-16(2)4-6-18-14-9-17-5-3-13(14)15-12-10-19-7-8-20-11-12/h12-15H,3-11H2,1-2H3/t13-,14-/m1/s1. The molecule has 2 aliphatic rings. The second-order valence-electron chi connectivity index (χ2n) is 5.70. The molecule has 0 radical (unpaired) electrons. The zero-order valence-electron chi connectivity index (χ0n) is 12.7. The average Bonchev–Trinajstić information content (AvgIpc) is 2.69. The molecule has 0 spiro atoms. The molecule has 2 saturated heterocycles. The topological polar surface area (TPSA) is 33.7 Å². The van der Waals surface area contributed by atoms with E-state index in [0.717, 1.165) is 32.8 Å². The number of likely N-dealkylation sites (N-methyl/N-ethyl adjacent to an activating group) is 1.